The minimum absolute atomic E-state index is 0.479. The third-order valence-electron chi connectivity index (χ3n) is 5.53. The van der Waals surface area contributed by atoms with Gasteiger partial charge in [0.2, 0.25) is 5.95 Å². The number of nitrogens with one attached hydrogen (secondary N) is 2. The van der Waals surface area contributed by atoms with Gasteiger partial charge in [-0.25, -0.2) is 9.97 Å². The second-order valence-electron chi connectivity index (χ2n) is 8.11. The van der Waals surface area contributed by atoms with Gasteiger partial charge < -0.3 is 10.6 Å². The van der Waals surface area contributed by atoms with Crippen LogP contribution >= 0.6 is 23.2 Å². The molecule has 2 aromatic heterocycles. The molecule has 7 heteroatoms. The molecule has 2 heterocycles. The Balaban J connectivity index is 1.13. The summed E-state index contributed by atoms with van der Waals surface area (Å²) in [4.78, 5) is 12.7. The maximum Gasteiger partial charge on any atom is 0.224 e. The largest absolute Gasteiger partial charge is 0.384 e. The molecule has 0 bridgehead atoms. The summed E-state index contributed by atoms with van der Waals surface area (Å²) in [5.74, 6) is 0.617. The fourth-order valence-electron chi connectivity index (χ4n) is 3.78. The van der Waals surface area contributed by atoms with Gasteiger partial charge in [-0.1, -0.05) is 74.6 Å². The zero-order valence-corrected chi connectivity index (χ0v) is 20.1. The van der Waals surface area contributed by atoms with E-state index in [1.54, 1.807) is 12.3 Å². The summed E-state index contributed by atoms with van der Waals surface area (Å²) in [5.41, 5.74) is 2.08. The van der Waals surface area contributed by atoms with Crippen molar-refractivity contribution in [1.82, 2.24) is 15.0 Å². The lowest BCUT2D eigenvalue weighted by Gasteiger charge is -2.09. The van der Waals surface area contributed by atoms with Gasteiger partial charge in [-0.05, 0) is 43.2 Å². The van der Waals surface area contributed by atoms with Crippen molar-refractivity contribution in [3.63, 3.8) is 0 Å². The Kier molecular flexibility index (Phi) is 10.8. The number of benzene rings is 1. The van der Waals surface area contributed by atoms with E-state index in [4.69, 9.17) is 23.2 Å². The molecule has 172 valence electrons. The van der Waals surface area contributed by atoms with Crippen LogP contribution in [0.25, 0.3) is 10.9 Å². The number of hydrogen-bond acceptors (Lipinski definition) is 5. The number of hydrogen-bond donors (Lipinski definition) is 2. The third-order valence-corrected chi connectivity index (χ3v) is 5.97. The van der Waals surface area contributed by atoms with E-state index in [0.29, 0.717) is 11.1 Å². The Morgan fingerprint density at radius 2 is 1.28 bits per heavy atom. The molecular weight excluding hydrogens is 441 g/mol. The zero-order chi connectivity index (χ0) is 22.4. The second kappa shape index (κ2) is 14.1. The summed E-state index contributed by atoms with van der Waals surface area (Å²) in [6.45, 7) is 1.90. The van der Waals surface area contributed by atoms with Crippen LogP contribution < -0.4 is 10.6 Å². The first-order valence-corrected chi connectivity index (χ1v) is 12.5. The summed E-state index contributed by atoms with van der Waals surface area (Å²) < 4.78 is 0. The highest BCUT2D eigenvalue weighted by Crippen LogP contribution is 2.24. The fourth-order valence-corrected chi connectivity index (χ4v) is 4.09. The smallest absolute Gasteiger partial charge is 0.224 e. The van der Waals surface area contributed by atoms with Crippen LogP contribution in [0, 0.1) is 0 Å². The SMILES string of the molecule is Clc1ccc2c(NCCCCCCCCCCCCNc3nccc(Cl)n3)ccnc2c1. The van der Waals surface area contributed by atoms with Crippen LogP contribution in [0.3, 0.4) is 0 Å². The maximum atomic E-state index is 6.06. The average Bonchev–Trinajstić information content (AvgIpc) is 2.79. The van der Waals surface area contributed by atoms with E-state index in [9.17, 15) is 0 Å². The van der Waals surface area contributed by atoms with Gasteiger partial charge in [0.15, 0.2) is 0 Å². The third kappa shape index (κ3) is 8.79. The highest BCUT2D eigenvalue weighted by Gasteiger charge is 2.02. The summed E-state index contributed by atoms with van der Waals surface area (Å²) in [6, 6.07) is 9.60. The van der Waals surface area contributed by atoms with Crippen molar-refractivity contribution in [3.05, 3.63) is 52.9 Å². The summed E-state index contributed by atoms with van der Waals surface area (Å²) in [5, 5.41) is 9.11. The van der Waals surface area contributed by atoms with Gasteiger partial charge in [0.1, 0.15) is 5.15 Å². The molecule has 3 rings (SSSR count). The monoisotopic (exact) mass is 473 g/mol. The molecule has 0 amide bonds. The van der Waals surface area contributed by atoms with Crippen LogP contribution in [0.1, 0.15) is 64.2 Å². The van der Waals surface area contributed by atoms with Gasteiger partial charge in [-0.3, -0.25) is 4.98 Å². The van der Waals surface area contributed by atoms with Crippen molar-refractivity contribution in [2.45, 2.75) is 64.2 Å². The molecule has 0 unspecified atom stereocenters. The molecule has 0 saturated carbocycles. The van der Waals surface area contributed by atoms with E-state index < -0.39 is 0 Å². The van der Waals surface area contributed by atoms with E-state index in [0.717, 1.165) is 41.1 Å². The van der Waals surface area contributed by atoms with E-state index in [1.165, 1.54) is 57.8 Å². The lowest BCUT2D eigenvalue weighted by molar-refractivity contribution is 0.557. The number of fused-ring (bicyclic) bond motifs is 1. The van der Waals surface area contributed by atoms with Crippen LogP contribution in [0.5, 0.6) is 0 Å². The average molecular weight is 474 g/mol. The fraction of sp³-hybridized carbons (Fsp3) is 0.480. The topological polar surface area (TPSA) is 62.7 Å². The van der Waals surface area contributed by atoms with Gasteiger partial charge in [-0.15, -0.1) is 0 Å². The lowest BCUT2D eigenvalue weighted by Crippen LogP contribution is -2.04. The number of rotatable bonds is 15. The normalized spacial score (nSPS) is 11.1. The standard InChI is InChI=1S/C25H33Cl2N5/c26-20-11-12-21-22(13-17-29-23(21)19-20)28-15-9-7-5-3-1-2-4-6-8-10-16-30-25-31-18-14-24(27)32-25/h11-14,17-19H,1-10,15-16H2,(H,28,29)(H,30,31,32). The van der Waals surface area contributed by atoms with Gasteiger partial charge in [-0.2, -0.15) is 0 Å². The van der Waals surface area contributed by atoms with Crippen molar-refractivity contribution in [1.29, 1.82) is 0 Å². The molecule has 0 saturated heterocycles. The molecule has 3 aromatic rings. The Hall–Kier alpha value is -2.11. The van der Waals surface area contributed by atoms with Gasteiger partial charge in [0.25, 0.3) is 0 Å². The molecule has 0 radical (unpaired) electrons. The Morgan fingerprint density at radius 3 is 1.97 bits per heavy atom. The molecule has 2 N–H and O–H groups in total. The van der Waals surface area contributed by atoms with E-state index in [2.05, 4.69) is 25.6 Å². The molecule has 32 heavy (non-hydrogen) atoms. The number of nitrogens with zero attached hydrogens (tertiary/aromatic N) is 3. The van der Waals surface area contributed by atoms with Crippen molar-refractivity contribution in [3.8, 4) is 0 Å². The number of anilines is 2. The molecule has 0 aliphatic heterocycles. The first kappa shape index (κ1) is 24.5. The highest BCUT2D eigenvalue weighted by molar-refractivity contribution is 6.31. The first-order valence-electron chi connectivity index (χ1n) is 11.7. The van der Waals surface area contributed by atoms with Gasteiger partial charge in [0, 0.05) is 41.6 Å². The molecule has 0 aliphatic rings. The summed E-state index contributed by atoms with van der Waals surface area (Å²) in [7, 11) is 0. The van der Waals surface area contributed by atoms with E-state index in [-0.39, 0.29) is 0 Å². The predicted octanol–water partition coefficient (Wildman–Crippen LogP) is 7.76. The van der Waals surface area contributed by atoms with Crippen molar-refractivity contribution in [2.75, 3.05) is 23.7 Å². The van der Waals surface area contributed by atoms with E-state index >= 15 is 0 Å². The van der Waals surface area contributed by atoms with Crippen LogP contribution in [0.4, 0.5) is 11.6 Å². The minimum Gasteiger partial charge on any atom is -0.384 e. The van der Waals surface area contributed by atoms with Crippen LogP contribution in [-0.4, -0.2) is 28.0 Å². The Bertz CT molecular complexity index is 951. The summed E-state index contributed by atoms with van der Waals surface area (Å²) in [6.07, 6.45) is 16.3. The number of pyridine rings is 1. The zero-order valence-electron chi connectivity index (χ0n) is 18.6. The molecule has 1 aromatic carbocycles. The number of halogens is 2. The second-order valence-corrected chi connectivity index (χ2v) is 8.94. The molecule has 0 spiro atoms. The molecule has 0 atom stereocenters. The van der Waals surface area contributed by atoms with Gasteiger partial charge >= 0.3 is 0 Å². The number of aromatic nitrogens is 3. The number of unbranched alkanes of at least 4 members (excludes halogenated alkanes) is 9. The van der Waals surface area contributed by atoms with Crippen molar-refractivity contribution in [2.24, 2.45) is 0 Å². The predicted molar refractivity (Wildman–Crippen MR) is 137 cm³/mol. The van der Waals surface area contributed by atoms with E-state index in [1.807, 2.05) is 30.5 Å². The summed E-state index contributed by atoms with van der Waals surface area (Å²) >= 11 is 11.9. The highest BCUT2D eigenvalue weighted by atomic mass is 35.5. The van der Waals surface area contributed by atoms with Crippen LogP contribution in [0.2, 0.25) is 10.2 Å². The lowest BCUT2D eigenvalue weighted by atomic mass is 10.1. The van der Waals surface area contributed by atoms with Crippen LogP contribution in [-0.2, 0) is 0 Å². The maximum absolute atomic E-state index is 6.06. The molecule has 0 aliphatic carbocycles. The quantitative estimate of drug-likeness (QED) is 0.174. The van der Waals surface area contributed by atoms with Crippen LogP contribution in [0.15, 0.2) is 42.7 Å². The first-order chi connectivity index (χ1) is 15.7. The Morgan fingerprint density at radius 1 is 0.656 bits per heavy atom. The van der Waals surface area contributed by atoms with Crippen molar-refractivity contribution < 1.29 is 0 Å². The van der Waals surface area contributed by atoms with Gasteiger partial charge in [0.05, 0.1) is 5.52 Å². The molecular formula is C25H33Cl2N5. The minimum atomic E-state index is 0.479. The Labute approximate surface area is 201 Å². The van der Waals surface area contributed by atoms with Crippen molar-refractivity contribution >= 4 is 45.7 Å². The molecule has 5 nitrogen and oxygen atoms in total. The molecule has 0 fully saturated rings.